The van der Waals surface area contributed by atoms with Gasteiger partial charge in [-0.1, -0.05) is 0 Å². The number of benzene rings is 1. The van der Waals surface area contributed by atoms with E-state index >= 15 is 0 Å². The summed E-state index contributed by atoms with van der Waals surface area (Å²) >= 11 is 0. The molecule has 1 aromatic carbocycles. The summed E-state index contributed by atoms with van der Waals surface area (Å²) in [6.45, 7) is 2.10. The van der Waals surface area contributed by atoms with E-state index in [1.165, 1.54) is 19.2 Å². The van der Waals surface area contributed by atoms with Crippen molar-refractivity contribution in [2.75, 3.05) is 26.7 Å². The van der Waals surface area contributed by atoms with Crippen LogP contribution in [0.15, 0.2) is 23.1 Å². The highest BCUT2D eigenvalue weighted by Gasteiger charge is 2.23. The summed E-state index contributed by atoms with van der Waals surface area (Å²) in [6, 6.07) is 3.62. The normalized spacial score (nSPS) is 18.6. The number of sulfonamides is 1. The van der Waals surface area contributed by atoms with Crippen LogP contribution in [0.5, 0.6) is 5.75 Å². The van der Waals surface area contributed by atoms with Gasteiger partial charge in [0.1, 0.15) is 0 Å². The molecule has 0 radical (unpaired) electrons. The topological polar surface area (TPSA) is 111 Å². The Balaban J connectivity index is 2.22. The van der Waals surface area contributed by atoms with Gasteiger partial charge in [0.2, 0.25) is 10.0 Å². The Bertz CT molecular complexity index is 626. The Labute approximate surface area is 122 Å². The zero-order valence-corrected chi connectivity index (χ0v) is 12.4. The fourth-order valence-corrected chi connectivity index (χ4v) is 2.86. The van der Waals surface area contributed by atoms with Gasteiger partial charge < -0.3 is 10.1 Å². The van der Waals surface area contributed by atoms with E-state index in [0.29, 0.717) is 12.5 Å². The summed E-state index contributed by atoms with van der Waals surface area (Å²) in [5.74, 6) is 0.396. The van der Waals surface area contributed by atoms with Crippen molar-refractivity contribution in [3.8, 4) is 5.75 Å². The first kappa shape index (κ1) is 15.7. The van der Waals surface area contributed by atoms with Crippen molar-refractivity contribution < 1.29 is 18.1 Å². The average Bonchev–Trinajstić information content (AvgIpc) is 2.98. The van der Waals surface area contributed by atoms with Crippen LogP contribution in [0.2, 0.25) is 0 Å². The third-order valence-corrected chi connectivity index (χ3v) is 4.76. The second-order valence-corrected chi connectivity index (χ2v) is 6.65. The predicted molar refractivity (Wildman–Crippen MR) is 75.8 cm³/mol. The molecule has 1 aliphatic rings. The smallest absolute Gasteiger partial charge is 0.312 e. The lowest BCUT2D eigenvalue weighted by Gasteiger charge is -2.11. The first-order chi connectivity index (χ1) is 9.94. The first-order valence-corrected chi connectivity index (χ1v) is 7.98. The van der Waals surface area contributed by atoms with Gasteiger partial charge in [-0.2, -0.15) is 0 Å². The SMILES string of the molecule is CNS(=O)(=O)c1ccc(OCC2CCNC2)c([N+](=O)[O-])c1. The monoisotopic (exact) mass is 315 g/mol. The summed E-state index contributed by atoms with van der Waals surface area (Å²) in [5.41, 5.74) is -0.350. The van der Waals surface area contributed by atoms with Crippen molar-refractivity contribution in [3.63, 3.8) is 0 Å². The molecular weight excluding hydrogens is 298 g/mol. The molecule has 8 nitrogen and oxygen atoms in total. The van der Waals surface area contributed by atoms with E-state index in [0.717, 1.165) is 25.6 Å². The zero-order valence-electron chi connectivity index (χ0n) is 11.5. The maximum atomic E-state index is 11.7. The van der Waals surface area contributed by atoms with Crippen LogP contribution in [0.1, 0.15) is 6.42 Å². The molecule has 116 valence electrons. The van der Waals surface area contributed by atoms with Crippen LogP contribution in [0, 0.1) is 16.0 Å². The lowest BCUT2D eigenvalue weighted by molar-refractivity contribution is -0.386. The number of rotatable bonds is 6. The standard InChI is InChI=1S/C12H17N3O5S/c1-13-21(18,19)10-2-3-12(11(6-10)15(16)17)20-8-9-4-5-14-7-9/h2-3,6,9,13-14H,4-5,7-8H2,1H3. The van der Waals surface area contributed by atoms with Gasteiger partial charge in [0.15, 0.2) is 5.75 Å². The van der Waals surface area contributed by atoms with Gasteiger partial charge in [-0.05, 0) is 32.1 Å². The number of ether oxygens (including phenoxy) is 1. The Hall–Kier alpha value is -1.71. The zero-order chi connectivity index (χ0) is 15.5. The summed E-state index contributed by atoms with van der Waals surface area (Å²) < 4.78 is 30.9. The molecule has 0 aromatic heterocycles. The van der Waals surface area contributed by atoms with Crippen LogP contribution >= 0.6 is 0 Å². The third kappa shape index (κ3) is 3.69. The molecule has 1 unspecified atom stereocenters. The highest BCUT2D eigenvalue weighted by molar-refractivity contribution is 7.89. The highest BCUT2D eigenvalue weighted by Crippen LogP contribution is 2.30. The quantitative estimate of drug-likeness (QED) is 0.584. The summed E-state index contributed by atoms with van der Waals surface area (Å²) in [7, 11) is -2.47. The summed E-state index contributed by atoms with van der Waals surface area (Å²) in [5, 5.41) is 14.3. The lowest BCUT2D eigenvalue weighted by Crippen LogP contribution is -2.19. The van der Waals surface area contributed by atoms with Crippen molar-refractivity contribution in [2.24, 2.45) is 5.92 Å². The molecule has 0 saturated carbocycles. The van der Waals surface area contributed by atoms with Gasteiger partial charge in [-0.3, -0.25) is 10.1 Å². The number of hydrogen-bond donors (Lipinski definition) is 2. The molecule has 0 bridgehead atoms. The second-order valence-electron chi connectivity index (χ2n) is 4.76. The van der Waals surface area contributed by atoms with E-state index in [9.17, 15) is 18.5 Å². The molecular formula is C12H17N3O5S. The molecule has 2 rings (SSSR count). The summed E-state index contributed by atoms with van der Waals surface area (Å²) in [4.78, 5) is 10.3. The van der Waals surface area contributed by atoms with Gasteiger partial charge in [0.25, 0.3) is 0 Å². The van der Waals surface area contributed by atoms with Crippen molar-refractivity contribution in [3.05, 3.63) is 28.3 Å². The molecule has 1 aromatic rings. The van der Waals surface area contributed by atoms with E-state index in [1.807, 2.05) is 0 Å². The Morgan fingerprint density at radius 3 is 2.86 bits per heavy atom. The maximum absolute atomic E-state index is 11.7. The minimum Gasteiger partial charge on any atom is -0.486 e. The van der Waals surface area contributed by atoms with Crippen molar-refractivity contribution in [1.82, 2.24) is 10.0 Å². The Morgan fingerprint density at radius 1 is 1.52 bits per heavy atom. The molecule has 1 saturated heterocycles. The van der Waals surface area contributed by atoms with Crippen LogP contribution in [-0.4, -0.2) is 40.1 Å². The van der Waals surface area contributed by atoms with Crippen molar-refractivity contribution >= 4 is 15.7 Å². The number of hydrogen-bond acceptors (Lipinski definition) is 6. The van der Waals surface area contributed by atoms with E-state index < -0.39 is 14.9 Å². The fourth-order valence-electron chi connectivity index (χ4n) is 2.11. The Morgan fingerprint density at radius 2 is 2.29 bits per heavy atom. The van der Waals surface area contributed by atoms with Gasteiger partial charge >= 0.3 is 5.69 Å². The lowest BCUT2D eigenvalue weighted by atomic mass is 10.1. The molecule has 0 aliphatic carbocycles. The maximum Gasteiger partial charge on any atom is 0.312 e. The highest BCUT2D eigenvalue weighted by atomic mass is 32.2. The number of nitrogens with zero attached hydrogens (tertiary/aromatic N) is 1. The van der Waals surface area contributed by atoms with Crippen molar-refractivity contribution in [2.45, 2.75) is 11.3 Å². The number of nitro benzene ring substituents is 1. The molecule has 1 atom stereocenters. The molecule has 2 N–H and O–H groups in total. The molecule has 0 spiro atoms. The van der Waals surface area contributed by atoms with E-state index in [1.54, 1.807) is 0 Å². The van der Waals surface area contributed by atoms with E-state index in [-0.39, 0.29) is 16.3 Å². The summed E-state index contributed by atoms with van der Waals surface area (Å²) in [6.07, 6.45) is 0.958. The molecule has 21 heavy (non-hydrogen) atoms. The van der Waals surface area contributed by atoms with Crippen LogP contribution < -0.4 is 14.8 Å². The predicted octanol–water partition coefficient (Wildman–Crippen LogP) is 0.491. The van der Waals surface area contributed by atoms with Crippen molar-refractivity contribution in [1.29, 1.82) is 0 Å². The van der Waals surface area contributed by atoms with Gasteiger partial charge in [-0.15, -0.1) is 0 Å². The van der Waals surface area contributed by atoms with Crippen LogP contribution in [0.25, 0.3) is 0 Å². The van der Waals surface area contributed by atoms with Gasteiger partial charge in [-0.25, -0.2) is 13.1 Å². The largest absolute Gasteiger partial charge is 0.486 e. The first-order valence-electron chi connectivity index (χ1n) is 6.49. The van der Waals surface area contributed by atoms with Crippen LogP contribution in [0.4, 0.5) is 5.69 Å². The number of nitro groups is 1. The fraction of sp³-hybridized carbons (Fsp3) is 0.500. The van der Waals surface area contributed by atoms with Crippen LogP contribution in [0.3, 0.4) is 0 Å². The van der Waals surface area contributed by atoms with E-state index in [4.69, 9.17) is 4.74 Å². The second kappa shape index (κ2) is 6.37. The van der Waals surface area contributed by atoms with E-state index in [2.05, 4.69) is 10.0 Å². The Kier molecular flexibility index (Phi) is 4.76. The molecule has 1 fully saturated rings. The minimum atomic E-state index is -3.72. The average molecular weight is 315 g/mol. The molecule has 1 aliphatic heterocycles. The molecule has 0 amide bonds. The molecule has 9 heteroatoms. The van der Waals surface area contributed by atoms with Gasteiger partial charge in [0.05, 0.1) is 16.4 Å². The third-order valence-electron chi connectivity index (χ3n) is 3.34. The minimum absolute atomic E-state index is 0.0851. The van der Waals surface area contributed by atoms with Gasteiger partial charge in [0, 0.05) is 18.5 Å². The number of nitrogens with one attached hydrogen (secondary N) is 2. The van der Waals surface area contributed by atoms with Crippen LogP contribution in [-0.2, 0) is 10.0 Å². The molecule has 1 heterocycles.